The fourth-order valence-electron chi connectivity index (χ4n) is 4.12. The molecule has 2 aliphatic rings. The number of rotatable bonds is 6. The van der Waals surface area contributed by atoms with Crippen molar-refractivity contribution in [1.29, 1.82) is 0 Å². The number of halogens is 1. The van der Waals surface area contributed by atoms with Crippen molar-refractivity contribution in [2.24, 2.45) is 0 Å². The van der Waals surface area contributed by atoms with Gasteiger partial charge in [-0.1, -0.05) is 22.8 Å². The van der Waals surface area contributed by atoms with E-state index >= 15 is 0 Å². The number of hydrogen-bond donors (Lipinski definition) is 0. The zero-order valence-corrected chi connectivity index (χ0v) is 17.3. The molecule has 152 valence electrons. The topological polar surface area (TPSA) is 51.9 Å². The number of anilines is 2. The van der Waals surface area contributed by atoms with Crippen LogP contribution in [-0.2, 0) is 0 Å². The number of nitrogens with zero attached hydrogens (tertiary/aromatic N) is 6. The maximum atomic E-state index is 6.12. The second-order valence-corrected chi connectivity index (χ2v) is 8.10. The van der Waals surface area contributed by atoms with E-state index in [4.69, 9.17) is 16.2 Å². The van der Waals surface area contributed by atoms with E-state index in [9.17, 15) is 0 Å². The SMILES string of the molecule is Cc1nonc1N1CCN(CCCN2CCN(c3cccc(Cl)c3)CC2)CC1. The van der Waals surface area contributed by atoms with Crippen LogP contribution in [0.5, 0.6) is 0 Å². The van der Waals surface area contributed by atoms with Gasteiger partial charge in [0.2, 0.25) is 0 Å². The van der Waals surface area contributed by atoms with Gasteiger partial charge in [-0.25, -0.2) is 4.63 Å². The van der Waals surface area contributed by atoms with E-state index in [0.29, 0.717) is 0 Å². The van der Waals surface area contributed by atoms with Crippen LogP contribution in [-0.4, -0.2) is 85.6 Å². The number of aromatic nitrogens is 2. The average molecular weight is 405 g/mol. The second kappa shape index (κ2) is 9.11. The van der Waals surface area contributed by atoms with Crippen molar-refractivity contribution in [2.75, 3.05) is 75.2 Å². The molecular formula is C20H29ClN6O. The van der Waals surface area contributed by atoms with E-state index in [0.717, 1.165) is 68.9 Å². The fraction of sp³-hybridized carbons (Fsp3) is 0.600. The maximum absolute atomic E-state index is 6.12. The smallest absolute Gasteiger partial charge is 0.196 e. The molecule has 0 amide bonds. The zero-order valence-electron chi connectivity index (χ0n) is 16.6. The van der Waals surface area contributed by atoms with E-state index < -0.39 is 0 Å². The maximum Gasteiger partial charge on any atom is 0.196 e. The van der Waals surface area contributed by atoms with Gasteiger partial charge in [0, 0.05) is 63.1 Å². The quantitative estimate of drug-likeness (QED) is 0.732. The van der Waals surface area contributed by atoms with Crippen LogP contribution in [0.4, 0.5) is 11.5 Å². The van der Waals surface area contributed by atoms with Gasteiger partial charge in [0.15, 0.2) is 5.82 Å². The van der Waals surface area contributed by atoms with Crippen LogP contribution in [0.3, 0.4) is 0 Å². The van der Waals surface area contributed by atoms with Crippen LogP contribution < -0.4 is 9.80 Å². The van der Waals surface area contributed by atoms with E-state index in [-0.39, 0.29) is 0 Å². The molecule has 2 fully saturated rings. The second-order valence-electron chi connectivity index (χ2n) is 7.66. The lowest BCUT2D eigenvalue weighted by atomic mass is 10.2. The summed E-state index contributed by atoms with van der Waals surface area (Å²) < 4.78 is 4.83. The molecule has 4 rings (SSSR count). The predicted molar refractivity (Wildman–Crippen MR) is 112 cm³/mol. The summed E-state index contributed by atoms with van der Waals surface area (Å²) in [6.07, 6.45) is 1.22. The predicted octanol–water partition coefficient (Wildman–Crippen LogP) is 2.37. The standard InChI is InChI=1S/C20H29ClN6O/c1-17-20(23-28-22-17)27-14-10-25(11-15-27)7-3-6-24-8-12-26(13-9-24)19-5-2-4-18(21)16-19/h2,4-5,16H,3,6-15H2,1H3. The molecule has 0 unspecified atom stereocenters. The zero-order chi connectivity index (χ0) is 19.3. The Morgan fingerprint density at radius 2 is 1.54 bits per heavy atom. The van der Waals surface area contributed by atoms with Crippen molar-refractivity contribution in [1.82, 2.24) is 20.1 Å². The summed E-state index contributed by atoms with van der Waals surface area (Å²) in [6, 6.07) is 8.18. The molecule has 2 saturated heterocycles. The molecule has 0 N–H and O–H groups in total. The van der Waals surface area contributed by atoms with Gasteiger partial charge >= 0.3 is 0 Å². The first-order valence-corrected chi connectivity index (χ1v) is 10.6. The van der Waals surface area contributed by atoms with Gasteiger partial charge in [-0.3, -0.25) is 9.80 Å². The third kappa shape index (κ3) is 4.77. The van der Waals surface area contributed by atoms with Gasteiger partial charge in [-0.05, 0) is 49.8 Å². The lowest BCUT2D eigenvalue weighted by Gasteiger charge is -2.37. The van der Waals surface area contributed by atoms with Crippen LogP contribution in [0, 0.1) is 6.92 Å². The van der Waals surface area contributed by atoms with Gasteiger partial charge in [0.25, 0.3) is 0 Å². The van der Waals surface area contributed by atoms with Crippen molar-refractivity contribution in [3.8, 4) is 0 Å². The van der Waals surface area contributed by atoms with Crippen molar-refractivity contribution in [3.63, 3.8) is 0 Å². The normalized spacial score (nSPS) is 19.4. The summed E-state index contributed by atoms with van der Waals surface area (Å²) in [5, 5.41) is 8.72. The molecule has 3 heterocycles. The minimum atomic E-state index is 0.815. The van der Waals surface area contributed by atoms with Crippen molar-refractivity contribution >= 4 is 23.1 Å². The molecule has 1 aromatic carbocycles. The van der Waals surface area contributed by atoms with Crippen LogP contribution in [0.2, 0.25) is 5.02 Å². The van der Waals surface area contributed by atoms with E-state index in [1.54, 1.807) is 0 Å². The first kappa shape index (κ1) is 19.5. The highest BCUT2D eigenvalue weighted by Gasteiger charge is 2.22. The summed E-state index contributed by atoms with van der Waals surface area (Å²) in [5.74, 6) is 0.900. The number of benzene rings is 1. The summed E-state index contributed by atoms with van der Waals surface area (Å²) in [5.41, 5.74) is 2.12. The molecule has 8 heteroatoms. The average Bonchev–Trinajstić information content (AvgIpc) is 3.15. The molecule has 0 bridgehead atoms. The largest absolute Gasteiger partial charge is 0.369 e. The van der Waals surface area contributed by atoms with E-state index in [1.807, 2.05) is 19.1 Å². The highest BCUT2D eigenvalue weighted by atomic mass is 35.5. The van der Waals surface area contributed by atoms with Crippen LogP contribution in [0.15, 0.2) is 28.9 Å². The molecule has 28 heavy (non-hydrogen) atoms. The van der Waals surface area contributed by atoms with E-state index in [2.05, 4.69) is 42.0 Å². The Morgan fingerprint density at radius 3 is 2.11 bits per heavy atom. The fourth-order valence-corrected chi connectivity index (χ4v) is 4.30. The summed E-state index contributed by atoms with van der Waals surface area (Å²) in [7, 11) is 0. The van der Waals surface area contributed by atoms with Crippen molar-refractivity contribution < 1.29 is 4.63 Å². The summed E-state index contributed by atoms with van der Waals surface area (Å²) in [6.45, 7) is 12.8. The minimum absolute atomic E-state index is 0.815. The Hall–Kier alpha value is -1.83. The number of piperazine rings is 2. The molecule has 2 aliphatic heterocycles. The van der Waals surface area contributed by atoms with Gasteiger partial charge < -0.3 is 9.80 Å². The molecule has 2 aromatic rings. The van der Waals surface area contributed by atoms with Gasteiger partial charge in [-0.2, -0.15) is 0 Å². The Morgan fingerprint density at radius 1 is 0.893 bits per heavy atom. The first-order valence-electron chi connectivity index (χ1n) is 10.2. The summed E-state index contributed by atoms with van der Waals surface area (Å²) >= 11 is 6.12. The highest BCUT2D eigenvalue weighted by Crippen LogP contribution is 2.21. The number of aryl methyl sites for hydroxylation is 1. The Bertz CT molecular complexity index is 753. The third-order valence-corrected chi connectivity index (χ3v) is 6.03. The third-order valence-electron chi connectivity index (χ3n) is 5.79. The molecule has 0 radical (unpaired) electrons. The van der Waals surface area contributed by atoms with E-state index in [1.165, 1.54) is 25.2 Å². The summed E-state index contributed by atoms with van der Waals surface area (Å²) in [4.78, 5) is 9.85. The van der Waals surface area contributed by atoms with Crippen LogP contribution in [0.1, 0.15) is 12.1 Å². The Balaban J connectivity index is 1.14. The highest BCUT2D eigenvalue weighted by molar-refractivity contribution is 6.30. The number of hydrogen-bond acceptors (Lipinski definition) is 7. The first-order chi connectivity index (χ1) is 13.7. The minimum Gasteiger partial charge on any atom is -0.369 e. The van der Waals surface area contributed by atoms with Gasteiger partial charge in [-0.15, -0.1) is 0 Å². The molecule has 7 nitrogen and oxygen atoms in total. The lowest BCUT2D eigenvalue weighted by molar-refractivity contribution is 0.212. The van der Waals surface area contributed by atoms with Gasteiger partial charge in [0.05, 0.1) is 0 Å². The van der Waals surface area contributed by atoms with Crippen LogP contribution >= 0.6 is 11.6 Å². The van der Waals surface area contributed by atoms with Crippen molar-refractivity contribution in [2.45, 2.75) is 13.3 Å². The molecule has 0 spiro atoms. The Kier molecular flexibility index (Phi) is 6.34. The molecule has 0 saturated carbocycles. The Labute approximate surface area is 171 Å². The van der Waals surface area contributed by atoms with Crippen LogP contribution in [0.25, 0.3) is 0 Å². The monoisotopic (exact) mass is 404 g/mol. The molecule has 0 atom stereocenters. The van der Waals surface area contributed by atoms with Gasteiger partial charge in [0.1, 0.15) is 5.69 Å². The lowest BCUT2D eigenvalue weighted by Crippen LogP contribution is -2.49. The molecule has 0 aliphatic carbocycles. The molecular weight excluding hydrogens is 376 g/mol. The van der Waals surface area contributed by atoms with Crippen molar-refractivity contribution in [3.05, 3.63) is 35.0 Å². The molecule has 1 aromatic heterocycles.